The molecule has 0 aromatic carbocycles. The molecule has 1 aromatic rings. The molecule has 7 nitrogen and oxygen atoms in total. The average Bonchev–Trinajstić information content (AvgIpc) is 2.82. The van der Waals surface area contributed by atoms with E-state index in [1.165, 1.54) is 0 Å². The lowest BCUT2D eigenvalue weighted by Gasteiger charge is -2.27. The molecule has 1 aliphatic carbocycles. The van der Waals surface area contributed by atoms with E-state index in [1.54, 1.807) is 0 Å². The van der Waals surface area contributed by atoms with E-state index < -0.39 is 28.1 Å². The normalized spacial score (nSPS) is 24.3. The molecule has 0 spiro atoms. The SMILES string of the molecule is O=C(O)c1cc(S(=O)(=O)N[C@@H]2CCCC[C@H]2O)c[nH]1. The number of aliphatic hydroxyl groups is 1. The molecular formula is C11H16N2O5S. The van der Waals surface area contributed by atoms with E-state index in [2.05, 4.69) is 9.71 Å². The summed E-state index contributed by atoms with van der Waals surface area (Å²) < 4.78 is 26.5. The summed E-state index contributed by atoms with van der Waals surface area (Å²) in [6.07, 6.45) is 3.32. The first-order chi connectivity index (χ1) is 8.90. The van der Waals surface area contributed by atoms with E-state index in [1.807, 2.05) is 0 Å². The maximum atomic E-state index is 12.0. The van der Waals surface area contributed by atoms with E-state index in [-0.39, 0.29) is 10.6 Å². The van der Waals surface area contributed by atoms with Crippen molar-refractivity contribution in [2.45, 2.75) is 42.7 Å². The number of hydrogen-bond acceptors (Lipinski definition) is 4. The van der Waals surface area contributed by atoms with Crippen LogP contribution in [0.3, 0.4) is 0 Å². The van der Waals surface area contributed by atoms with Gasteiger partial charge in [0.15, 0.2) is 0 Å². The summed E-state index contributed by atoms with van der Waals surface area (Å²) in [4.78, 5) is 12.9. The Morgan fingerprint density at radius 2 is 2.05 bits per heavy atom. The Hall–Kier alpha value is -1.38. The third-order valence-electron chi connectivity index (χ3n) is 3.23. The zero-order chi connectivity index (χ0) is 14.0. The maximum absolute atomic E-state index is 12.0. The molecule has 0 unspecified atom stereocenters. The number of carboxylic acid groups (broad SMARTS) is 1. The Labute approximate surface area is 110 Å². The number of hydrogen-bond donors (Lipinski definition) is 4. The molecule has 0 amide bonds. The second-order valence-electron chi connectivity index (χ2n) is 4.63. The predicted octanol–water partition coefficient (Wildman–Crippen LogP) is 0.295. The number of carbonyl (C=O) groups is 1. The summed E-state index contributed by atoms with van der Waals surface area (Å²) in [6.45, 7) is 0. The first kappa shape index (κ1) is 14.0. The van der Waals surface area contributed by atoms with Crippen molar-refractivity contribution in [3.8, 4) is 0 Å². The maximum Gasteiger partial charge on any atom is 0.352 e. The van der Waals surface area contributed by atoms with Crippen molar-refractivity contribution in [1.29, 1.82) is 0 Å². The highest BCUT2D eigenvalue weighted by atomic mass is 32.2. The number of sulfonamides is 1. The monoisotopic (exact) mass is 288 g/mol. The van der Waals surface area contributed by atoms with Gasteiger partial charge in [-0.2, -0.15) is 0 Å². The number of aliphatic hydroxyl groups excluding tert-OH is 1. The number of aromatic nitrogens is 1. The fourth-order valence-corrected chi connectivity index (χ4v) is 3.47. The van der Waals surface area contributed by atoms with Crippen LogP contribution < -0.4 is 4.72 Å². The topological polar surface area (TPSA) is 119 Å². The van der Waals surface area contributed by atoms with E-state index in [4.69, 9.17) is 5.11 Å². The van der Waals surface area contributed by atoms with Gasteiger partial charge < -0.3 is 15.2 Å². The fraction of sp³-hybridized carbons (Fsp3) is 0.545. The molecule has 2 rings (SSSR count). The van der Waals surface area contributed by atoms with Crippen LogP contribution in [-0.2, 0) is 10.0 Å². The van der Waals surface area contributed by atoms with Crippen molar-refractivity contribution >= 4 is 16.0 Å². The number of nitrogens with one attached hydrogen (secondary N) is 2. The van der Waals surface area contributed by atoms with Crippen molar-refractivity contribution in [3.05, 3.63) is 18.0 Å². The Kier molecular flexibility index (Phi) is 3.93. The van der Waals surface area contributed by atoms with E-state index >= 15 is 0 Å². The molecular weight excluding hydrogens is 272 g/mol. The molecule has 1 aromatic heterocycles. The summed E-state index contributed by atoms with van der Waals surface area (Å²) in [7, 11) is -3.81. The van der Waals surface area contributed by atoms with Crippen LogP contribution in [0.25, 0.3) is 0 Å². The van der Waals surface area contributed by atoms with E-state index in [0.29, 0.717) is 12.8 Å². The van der Waals surface area contributed by atoms with Gasteiger partial charge in [-0.25, -0.2) is 17.9 Å². The highest BCUT2D eigenvalue weighted by Crippen LogP contribution is 2.21. The molecule has 0 radical (unpaired) electrons. The largest absolute Gasteiger partial charge is 0.477 e. The molecule has 8 heteroatoms. The van der Waals surface area contributed by atoms with Crippen molar-refractivity contribution in [1.82, 2.24) is 9.71 Å². The Bertz CT molecular complexity index is 565. The molecule has 19 heavy (non-hydrogen) atoms. The molecule has 0 saturated heterocycles. The number of aromatic amines is 1. The van der Waals surface area contributed by atoms with Gasteiger partial charge in [0, 0.05) is 12.2 Å². The lowest BCUT2D eigenvalue weighted by Crippen LogP contribution is -2.44. The summed E-state index contributed by atoms with van der Waals surface area (Å²) in [5, 5.41) is 18.5. The zero-order valence-electron chi connectivity index (χ0n) is 10.2. The molecule has 1 heterocycles. The number of aromatic carboxylic acids is 1. The van der Waals surface area contributed by atoms with Crippen molar-refractivity contribution in [3.63, 3.8) is 0 Å². The lowest BCUT2D eigenvalue weighted by atomic mass is 9.93. The van der Waals surface area contributed by atoms with Gasteiger partial charge in [-0.05, 0) is 18.9 Å². The third-order valence-corrected chi connectivity index (χ3v) is 4.70. The first-order valence-electron chi connectivity index (χ1n) is 6.02. The molecule has 0 bridgehead atoms. The van der Waals surface area contributed by atoms with Gasteiger partial charge in [0.25, 0.3) is 0 Å². The fourth-order valence-electron chi connectivity index (χ4n) is 2.17. The smallest absolute Gasteiger partial charge is 0.352 e. The van der Waals surface area contributed by atoms with E-state index in [0.717, 1.165) is 25.1 Å². The Morgan fingerprint density at radius 3 is 2.63 bits per heavy atom. The molecule has 1 aliphatic rings. The minimum Gasteiger partial charge on any atom is -0.477 e. The van der Waals surface area contributed by atoms with Gasteiger partial charge in [0.1, 0.15) is 10.6 Å². The van der Waals surface area contributed by atoms with Gasteiger partial charge in [0.05, 0.1) is 6.10 Å². The van der Waals surface area contributed by atoms with Crippen LogP contribution in [-0.4, -0.2) is 41.7 Å². The van der Waals surface area contributed by atoms with Crippen LogP contribution in [0.5, 0.6) is 0 Å². The van der Waals surface area contributed by atoms with Gasteiger partial charge in [-0.1, -0.05) is 12.8 Å². The second kappa shape index (κ2) is 5.32. The van der Waals surface area contributed by atoms with Crippen LogP contribution in [0.15, 0.2) is 17.2 Å². The summed E-state index contributed by atoms with van der Waals surface area (Å²) >= 11 is 0. The van der Waals surface area contributed by atoms with Crippen LogP contribution >= 0.6 is 0 Å². The summed E-state index contributed by atoms with van der Waals surface area (Å²) in [5.41, 5.74) is -0.190. The predicted molar refractivity (Wildman–Crippen MR) is 66.3 cm³/mol. The average molecular weight is 288 g/mol. The van der Waals surface area contributed by atoms with E-state index in [9.17, 15) is 18.3 Å². The standard InChI is InChI=1S/C11H16N2O5S/c14-10-4-2-1-3-8(10)13-19(17,18)7-5-9(11(15)16)12-6-7/h5-6,8,10,12-14H,1-4H2,(H,15,16)/t8-,10-/m1/s1. The highest BCUT2D eigenvalue weighted by molar-refractivity contribution is 7.89. The van der Waals surface area contributed by atoms with Crippen LogP contribution in [0, 0.1) is 0 Å². The second-order valence-corrected chi connectivity index (χ2v) is 6.35. The minimum atomic E-state index is -3.81. The summed E-state index contributed by atoms with van der Waals surface area (Å²) in [6, 6.07) is 0.543. The van der Waals surface area contributed by atoms with Gasteiger partial charge in [0.2, 0.25) is 10.0 Å². The summed E-state index contributed by atoms with van der Waals surface area (Å²) in [5.74, 6) is -1.22. The zero-order valence-corrected chi connectivity index (χ0v) is 11.0. The van der Waals surface area contributed by atoms with Crippen molar-refractivity contribution in [2.75, 3.05) is 0 Å². The molecule has 0 aliphatic heterocycles. The van der Waals surface area contributed by atoms with Gasteiger partial charge in [-0.15, -0.1) is 0 Å². The molecule has 4 N–H and O–H groups in total. The van der Waals surface area contributed by atoms with Crippen LogP contribution in [0.4, 0.5) is 0 Å². The molecule has 2 atom stereocenters. The van der Waals surface area contributed by atoms with Crippen LogP contribution in [0.1, 0.15) is 36.2 Å². The number of rotatable bonds is 4. The number of carboxylic acids is 1. The highest BCUT2D eigenvalue weighted by Gasteiger charge is 2.28. The van der Waals surface area contributed by atoms with Crippen molar-refractivity contribution < 1.29 is 23.4 Å². The molecule has 1 saturated carbocycles. The Morgan fingerprint density at radius 1 is 1.37 bits per heavy atom. The lowest BCUT2D eigenvalue weighted by molar-refractivity contribution is 0.0691. The van der Waals surface area contributed by atoms with Gasteiger partial charge in [-0.3, -0.25) is 0 Å². The minimum absolute atomic E-state index is 0.136. The van der Waals surface area contributed by atoms with Gasteiger partial charge >= 0.3 is 5.97 Å². The first-order valence-corrected chi connectivity index (χ1v) is 7.50. The molecule has 1 fully saturated rings. The molecule has 106 valence electrons. The quantitative estimate of drug-likeness (QED) is 0.635. The number of H-pyrrole nitrogens is 1. The van der Waals surface area contributed by atoms with Crippen molar-refractivity contribution in [2.24, 2.45) is 0 Å². The van der Waals surface area contributed by atoms with Crippen LogP contribution in [0.2, 0.25) is 0 Å². The third kappa shape index (κ3) is 3.14. The Balaban J connectivity index is 2.15.